The lowest BCUT2D eigenvalue weighted by Crippen LogP contribution is -2.11. The van der Waals surface area contributed by atoms with Crippen molar-refractivity contribution in [1.82, 2.24) is 10.3 Å². The minimum absolute atomic E-state index is 0.139. The van der Waals surface area contributed by atoms with Crippen molar-refractivity contribution in [2.45, 2.75) is 48.9 Å². The predicted octanol–water partition coefficient (Wildman–Crippen LogP) is 7.04. The fraction of sp³-hybridized carbons (Fsp3) is 0.250. The second-order valence-electron chi connectivity index (χ2n) is 8.48. The van der Waals surface area contributed by atoms with Crippen LogP contribution in [-0.4, -0.2) is 38.1 Å². The molecule has 2 aliphatic rings. The van der Waals surface area contributed by atoms with E-state index in [-0.39, 0.29) is 5.91 Å². The van der Waals surface area contributed by atoms with Crippen molar-refractivity contribution in [1.29, 1.82) is 0 Å². The zero-order valence-corrected chi connectivity index (χ0v) is 25.6. The van der Waals surface area contributed by atoms with E-state index in [1.165, 1.54) is 47.7 Å². The zero-order valence-electron chi connectivity index (χ0n) is 24.0. The Morgan fingerprint density at radius 2 is 1.71 bits per heavy atom. The number of nitrogens with zero attached hydrogens (tertiary/aromatic N) is 1. The van der Waals surface area contributed by atoms with Gasteiger partial charge in [0.05, 0.1) is 11.3 Å². The summed E-state index contributed by atoms with van der Waals surface area (Å²) in [6, 6.07) is 21.7. The fourth-order valence-electron chi connectivity index (χ4n) is 3.87. The van der Waals surface area contributed by atoms with Crippen LogP contribution in [0.2, 0.25) is 0 Å². The highest BCUT2D eigenvalue weighted by Crippen LogP contribution is 2.41. The number of benzene rings is 3. The number of rotatable bonds is 5. The number of anilines is 1. The number of aromatic nitrogens is 1. The molecule has 1 aliphatic carbocycles. The van der Waals surface area contributed by atoms with Crippen LogP contribution < -0.4 is 16.4 Å². The van der Waals surface area contributed by atoms with Gasteiger partial charge in [0.15, 0.2) is 0 Å². The molecule has 1 aliphatic heterocycles. The Bertz CT molecular complexity index is 1390. The number of nitrogens with one attached hydrogen (secondary N) is 2. The maximum absolute atomic E-state index is 12.1. The van der Waals surface area contributed by atoms with Crippen molar-refractivity contribution >= 4 is 47.8 Å². The third-order valence-electron chi connectivity index (χ3n) is 5.85. The lowest BCUT2D eigenvalue weighted by molar-refractivity contribution is -0.0980. The van der Waals surface area contributed by atoms with E-state index in [1.54, 1.807) is 29.5 Å². The van der Waals surface area contributed by atoms with E-state index < -0.39 is 0 Å². The number of hydrogen-bond donors (Lipinski definition) is 3. The summed E-state index contributed by atoms with van der Waals surface area (Å²) in [7, 11) is 3.46. The molecule has 4 N–H and O–H groups in total. The first-order valence-electron chi connectivity index (χ1n) is 13.4. The number of amides is 1. The molecule has 1 fully saturated rings. The minimum atomic E-state index is -0.139. The minimum Gasteiger partial charge on any atom is -0.333 e. The van der Waals surface area contributed by atoms with Gasteiger partial charge in [-0.1, -0.05) is 68.1 Å². The molecular weight excluding hydrogens is 553 g/mol. The largest absolute Gasteiger partial charge is 0.333 e. The number of carbonyl (C=O) groups excluding carboxylic acids is 3. The first-order valence-corrected chi connectivity index (χ1v) is 15.0. The van der Waals surface area contributed by atoms with Gasteiger partial charge in [-0.2, -0.15) is 0 Å². The molecule has 0 atom stereocenters. The number of thiazole rings is 1. The quantitative estimate of drug-likeness (QED) is 0.214. The van der Waals surface area contributed by atoms with E-state index in [9.17, 15) is 9.59 Å². The molecule has 2 heterocycles. The molecule has 7 nitrogen and oxygen atoms in total. The summed E-state index contributed by atoms with van der Waals surface area (Å²) in [6.45, 7) is 6.90. The number of fused-ring (bicyclic) bond motifs is 2. The van der Waals surface area contributed by atoms with Gasteiger partial charge < -0.3 is 21.2 Å². The van der Waals surface area contributed by atoms with Gasteiger partial charge in [-0.25, -0.2) is 4.98 Å². The molecule has 1 amide bonds. The van der Waals surface area contributed by atoms with Crippen LogP contribution >= 0.6 is 23.1 Å². The molecule has 4 aromatic rings. The van der Waals surface area contributed by atoms with E-state index in [0.29, 0.717) is 16.8 Å². The molecule has 0 radical (unpaired) electrons. The Morgan fingerprint density at radius 1 is 1.02 bits per heavy atom. The summed E-state index contributed by atoms with van der Waals surface area (Å²) in [5.41, 5.74) is 9.13. The van der Waals surface area contributed by atoms with Crippen LogP contribution in [0.4, 0.5) is 5.69 Å². The van der Waals surface area contributed by atoms with Crippen molar-refractivity contribution in [3.05, 3.63) is 94.5 Å². The maximum Gasteiger partial charge on any atom is 0.256 e. The first kappa shape index (κ1) is 33.6. The van der Waals surface area contributed by atoms with Crippen molar-refractivity contribution in [3.8, 4) is 10.6 Å². The van der Waals surface area contributed by atoms with Crippen LogP contribution in [0.3, 0.4) is 0 Å². The van der Waals surface area contributed by atoms with E-state index in [0.717, 1.165) is 33.5 Å². The average molecular weight is 591 g/mol. The molecule has 41 heavy (non-hydrogen) atoms. The first-order chi connectivity index (χ1) is 20.1. The highest BCUT2D eigenvalue weighted by molar-refractivity contribution is 7.99. The van der Waals surface area contributed by atoms with Crippen molar-refractivity contribution < 1.29 is 14.4 Å². The van der Waals surface area contributed by atoms with Crippen LogP contribution in [-0.2, 0) is 11.3 Å². The summed E-state index contributed by atoms with van der Waals surface area (Å²) >= 11 is 3.29. The number of nitrogens with two attached hydrogens (primary N) is 1. The second-order valence-corrected chi connectivity index (χ2v) is 10.7. The van der Waals surface area contributed by atoms with E-state index in [1.807, 2.05) is 58.1 Å². The summed E-state index contributed by atoms with van der Waals surface area (Å²) in [5.74, 6) is 0.695. The van der Waals surface area contributed by atoms with Crippen molar-refractivity contribution in [2.24, 2.45) is 5.73 Å². The summed E-state index contributed by atoms with van der Waals surface area (Å²) in [4.78, 5) is 38.4. The summed E-state index contributed by atoms with van der Waals surface area (Å²) in [6.07, 6.45) is 5.46. The van der Waals surface area contributed by atoms with Crippen LogP contribution in [0.25, 0.3) is 10.6 Å². The number of aldehydes is 1. The van der Waals surface area contributed by atoms with Crippen LogP contribution in [0.1, 0.15) is 63.8 Å². The normalized spacial score (nSPS) is 12.4. The molecule has 3 aromatic carbocycles. The SMILES string of the molecule is C=O.CC.CN.CNCc1cnc(-c2ccc(C3CC3)cc2)s1.O=Cc1ccc2c(c1)NC(=O)c1ccccc1S2. The molecule has 9 heteroatoms. The topological polar surface area (TPSA) is 114 Å². The van der Waals surface area contributed by atoms with Gasteiger partial charge in [0, 0.05) is 38.5 Å². The number of hydrogen-bond acceptors (Lipinski definition) is 8. The molecule has 0 unspecified atom stereocenters. The summed E-state index contributed by atoms with van der Waals surface area (Å²) < 4.78 is 0. The van der Waals surface area contributed by atoms with Gasteiger partial charge in [-0.3, -0.25) is 9.59 Å². The van der Waals surface area contributed by atoms with Gasteiger partial charge in [-0.15, -0.1) is 11.3 Å². The lowest BCUT2D eigenvalue weighted by atomic mass is 10.1. The standard InChI is InChI=1S/C14H16N2S.C14H9NO2S.C2H6.CH5N.CH2O/c1-15-8-13-9-16-14(17-13)12-6-4-11(5-7-12)10-2-3-10;16-8-9-5-6-13-11(7-9)15-14(17)10-3-1-2-4-12(10)18-13;3*1-2/h4-7,9-10,15H,2-3,8H2,1H3;1-8H,(H,15,17);1-2H3;2H2,1H3;1H2. The van der Waals surface area contributed by atoms with Gasteiger partial charge >= 0.3 is 0 Å². The monoisotopic (exact) mass is 590 g/mol. The van der Waals surface area contributed by atoms with E-state index in [2.05, 4.69) is 45.6 Å². The van der Waals surface area contributed by atoms with Crippen LogP contribution in [0, 0.1) is 0 Å². The van der Waals surface area contributed by atoms with Crippen LogP contribution in [0.15, 0.2) is 82.7 Å². The van der Waals surface area contributed by atoms with Gasteiger partial charge in [0.1, 0.15) is 18.1 Å². The third kappa shape index (κ3) is 9.47. The highest BCUT2D eigenvalue weighted by atomic mass is 32.2. The summed E-state index contributed by atoms with van der Waals surface area (Å²) in [5, 5.41) is 7.11. The van der Waals surface area contributed by atoms with E-state index in [4.69, 9.17) is 4.79 Å². The van der Waals surface area contributed by atoms with Gasteiger partial charge in [0.25, 0.3) is 5.91 Å². The molecule has 1 aromatic heterocycles. The molecular formula is C32H38N4O3S2. The molecule has 6 rings (SSSR count). The van der Waals surface area contributed by atoms with Gasteiger partial charge in [0.2, 0.25) is 0 Å². The zero-order chi connectivity index (χ0) is 30.2. The molecule has 0 saturated heterocycles. The lowest BCUT2D eigenvalue weighted by Gasteiger charge is -2.05. The van der Waals surface area contributed by atoms with Crippen molar-refractivity contribution in [3.63, 3.8) is 0 Å². The molecule has 216 valence electrons. The smallest absolute Gasteiger partial charge is 0.256 e. The van der Waals surface area contributed by atoms with E-state index >= 15 is 0 Å². The predicted molar refractivity (Wildman–Crippen MR) is 171 cm³/mol. The Labute approximate surface area is 251 Å². The second kappa shape index (κ2) is 17.9. The van der Waals surface area contributed by atoms with Gasteiger partial charge in [-0.05, 0) is 62.7 Å². The molecule has 0 spiro atoms. The van der Waals surface area contributed by atoms with Crippen LogP contribution in [0.5, 0.6) is 0 Å². The molecule has 1 saturated carbocycles. The Kier molecular flexibility index (Phi) is 14.7. The average Bonchev–Trinajstić information content (AvgIpc) is 3.81. The number of carbonyl (C=O) groups is 3. The Hall–Kier alpha value is -3.63. The Balaban J connectivity index is 0.000000243. The molecule has 0 bridgehead atoms. The highest BCUT2D eigenvalue weighted by Gasteiger charge is 2.23. The fourth-order valence-corrected chi connectivity index (χ4v) is 5.81. The Morgan fingerprint density at radius 3 is 2.34 bits per heavy atom. The third-order valence-corrected chi connectivity index (χ3v) is 8.05. The maximum atomic E-state index is 12.1. The van der Waals surface area contributed by atoms with Crippen molar-refractivity contribution in [2.75, 3.05) is 19.4 Å².